The Hall–Kier alpha value is -1.75. The first-order chi connectivity index (χ1) is 10.6. The van der Waals surface area contributed by atoms with Crippen molar-refractivity contribution in [3.05, 3.63) is 34.9 Å². The number of halogens is 1. The first-order valence-corrected chi connectivity index (χ1v) is 8.03. The van der Waals surface area contributed by atoms with E-state index in [0.717, 1.165) is 0 Å². The summed E-state index contributed by atoms with van der Waals surface area (Å²) in [6.07, 6.45) is 0. The standard InChI is InChI=1S/C16H22ClN3O2/c1-3-18(4-2)16(22)20-11-9-19(10-12-20)15(21)13-5-7-14(17)8-6-13/h5-8H,3-4,9-12H2,1-2H3. The number of carbonyl (C=O) groups is 2. The molecule has 22 heavy (non-hydrogen) atoms. The Bertz CT molecular complexity index is 521. The summed E-state index contributed by atoms with van der Waals surface area (Å²) in [5.74, 6) is -0.00777. The molecule has 5 nitrogen and oxygen atoms in total. The molecular weight excluding hydrogens is 302 g/mol. The molecule has 1 aliphatic heterocycles. The topological polar surface area (TPSA) is 43.9 Å². The normalized spacial score (nSPS) is 14.9. The zero-order chi connectivity index (χ0) is 16.1. The molecular formula is C16H22ClN3O2. The van der Waals surface area contributed by atoms with Crippen LogP contribution in [0.5, 0.6) is 0 Å². The van der Waals surface area contributed by atoms with Crippen LogP contribution in [0.4, 0.5) is 4.79 Å². The molecule has 0 unspecified atom stereocenters. The van der Waals surface area contributed by atoms with Crippen LogP contribution in [-0.2, 0) is 0 Å². The molecule has 1 heterocycles. The minimum absolute atomic E-state index is 0.00777. The maximum absolute atomic E-state index is 12.4. The van der Waals surface area contributed by atoms with Crippen molar-refractivity contribution < 1.29 is 9.59 Å². The van der Waals surface area contributed by atoms with Crippen LogP contribution in [0.15, 0.2) is 24.3 Å². The van der Waals surface area contributed by atoms with E-state index in [1.54, 1.807) is 34.1 Å². The highest BCUT2D eigenvalue weighted by atomic mass is 35.5. The van der Waals surface area contributed by atoms with E-state index in [9.17, 15) is 9.59 Å². The third kappa shape index (κ3) is 3.71. The average molecular weight is 324 g/mol. The summed E-state index contributed by atoms with van der Waals surface area (Å²) < 4.78 is 0. The minimum atomic E-state index is -0.00777. The van der Waals surface area contributed by atoms with Crippen molar-refractivity contribution in [1.82, 2.24) is 14.7 Å². The van der Waals surface area contributed by atoms with Gasteiger partial charge in [-0.15, -0.1) is 0 Å². The van der Waals surface area contributed by atoms with Crippen molar-refractivity contribution in [2.24, 2.45) is 0 Å². The molecule has 0 N–H and O–H groups in total. The molecule has 0 saturated carbocycles. The Balaban J connectivity index is 1.93. The highest BCUT2D eigenvalue weighted by Crippen LogP contribution is 2.13. The van der Waals surface area contributed by atoms with Crippen molar-refractivity contribution in [1.29, 1.82) is 0 Å². The zero-order valence-corrected chi connectivity index (χ0v) is 13.8. The molecule has 0 radical (unpaired) electrons. The smallest absolute Gasteiger partial charge is 0.320 e. The Morgan fingerprint density at radius 1 is 1.00 bits per heavy atom. The van der Waals surface area contributed by atoms with E-state index in [1.165, 1.54) is 0 Å². The maximum Gasteiger partial charge on any atom is 0.320 e. The lowest BCUT2D eigenvalue weighted by molar-refractivity contribution is 0.0641. The molecule has 1 aromatic rings. The summed E-state index contributed by atoms with van der Waals surface area (Å²) in [7, 11) is 0. The van der Waals surface area contributed by atoms with E-state index < -0.39 is 0 Å². The molecule has 1 saturated heterocycles. The van der Waals surface area contributed by atoms with Gasteiger partial charge in [-0.05, 0) is 38.1 Å². The number of benzene rings is 1. The van der Waals surface area contributed by atoms with Crippen molar-refractivity contribution >= 4 is 23.5 Å². The van der Waals surface area contributed by atoms with Gasteiger partial charge in [0.2, 0.25) is 0 Å². The Kier molecular flexibility index (Phi) is 5.66. The van der Waals surface area contributed by atoms with Crippen molar-refractivity contribution in [3.63, 3.8) is 0 Å². The number of hydrogen-bond donors (Lipinski definition) is 0. The highest BCUT2D eigenvalue weighted by Gasteiger charge is 2.26. The fraction of sp³-hybridized carbons (Fsp3) is 0.500. The van der Waals surface area contributed by atoms with E-state index in [0.29, 0.717) is 49.9 Å². The number of amides is 3. The van der Waals surface area contributed by atoms with E-state index in [2.05, 4.69) is 0 Å². The number of piperazine rings is 1. The number of carbonyl (C=O) groups excluding carboxylic acids is 2. The second kappa shape index (κ2) is 7.49. The number of rotatable bonds is 3. The van der Waals surface area contributed by atoms with Gasteiger partial charge in [-0.3, -0.25) is 4.79 Å². The fourth-order valence-corrected chi connectivity index (χ4v) is 2.70. The monoisotopic (exact) mass is 323 g/mol. The average Bonchev–Trinajstić information content (AvgIpc) is 2.56. The quantitative estimate of drug-likeness (QED) is 0.858. The zero-order valence-electron chi connectivity index (χ0n) is 13.1. The Morgan fingerprint density at radius 2 is 1.50 bits per heavy atom. The second-order valence-electron chi connectivity index (χ2n) is 5.24. The lowest BCUT2D eigenvalue weighted by Gasteiger charge is -2.37. The first kappa shape index (κ1) is 16.6. The minimum Gasteiger partial charge on any atom is -0.335 e. The van der Waals surface area contributed by atoms with Gasteiger partial charge < -0.3 is 14.7 Å². The molecule has 1 fully saturated rings. The lowest BCUT2D eigenvalue weighted by Crippen LogP contribution is -2.54. The van der Waals surface area contributed by atoms with Gasteiger partial charge in [0.1, 0.15) is 0 Å². The van der Waals surface area contributed by atoms with Crippen LogP contribution < -0.4 is 0 Å². The molecule has 0 atom stereocenters. The van der Waals surface area contributed by atoms with Gasteiger partial charge in [0.05, 0.1) is 0 Å². The summed E-state index contributed by atoms with van der Waals surface area (Å²) in [6, 6.07) is 6.96. The van der Waals surface area contributed by atoms with Gasteiger partial charge in [0, 0.05) is 49.9 Å². The largest absolute Gasteiger partial charge is 0.335 e. The van der Waals surface area contributed by atoms with Crippen LogP contribution in [0.2, 0.25) is 5.02 Å². The third-order valence-electron chi connectivity index (χ3n) is 3.96. The molecule has 0 spiro atoms. The highest BCUT2D eigenvalue weighted by molar-refractivity contribution is 6.30. The van der Waals surface area contributed by atoms with Gasteiger partial charge >= 0.3 is 6.03 Å². The summed E-state index contributed by atoms with van der Waals surface area (Å²) in [6.45, 7) is 7.65. The summed E-state index contributed by atoms with van der Waals surface area (Å²) in [5, 5.41) is 0.617. The molecule has 3 amide bonds. The third-order valence-corrected chi connectivity index (χ3v) is 4.21. The summed E-state index contributed by atoms with van der Waals surface area (Å²) in [5.41, 5.74) is 0.632. The van der Waals surface area contributed by atoms with Crippen molar-refractivity contribution in [2.75, 3.05) is 39.3 Å². The maximum atomic E-state index is 12.4. The molecule has 0 bridgehead atoms. The van der Waals surface area contributed by atoms with Crippen LogP contribution >= 0.6 is 11.6 Å². The summed E-state index contributed by atoms with van der Waals surface area (Å²) in [4.78, 5) is 30.1. The van der Waals surface area contributed by atoms with Crippen LogP contribution in [0, 0.1) is 0 Å². The SMILES string of the molecule is CCN(CC)C(=O)N1CCN(C(=O)c2ccc(Cl)cc2)CC1. The molecule has 2 rings (SSSR count). The van der Waals surface area contributed by atoms with Gasteiger partial charge in [0.15, 0.2) is 0 Å². The first-order valence-electron chi connectivity index (χ1n) is 7.65. The van der Waals surface area contributed by atoms with E-state index in [4.69, 9.17) is 11.6 Å². The van der Waals surface area contributed by atoms with Gasteiger partial charge in [-0.2, -0.15) is 0 Å². The van der Waals surface area contributed by atoms with Gasteiger partial charge in [-0.1, -0.05) is 11.6 Å². The van der Waals surface area contributed by atoms with E-state index >= 15 is 0 Å². The predicted molar refractivity (Wildman–Crippen MR) is 87.2 cm³/mol. The molecule has 0 aliphatic carbocycles. The molecule has 120 valence electrons. The second-order valence-corrected chi connectivity index (χ2v) is 5.68. The molecule has 1 aromatic carbocycles. The Labute approximate surface area is 136 Å². The van der Waals surface area contributed by atoms with E-state index in [1.807, 2.05) is 18.7 Å². The number of urea groups is 1. The number of nitrogens with zero attached hydrogens (tertiary/aromatic N) is 3. The van der Waals surface area contributed by atoms with Crippen LogP contribution in [0.3, 0.4) is 0 Å². The van der Waals surface area contributed by atoms with E-state index in [-0.39, 0.29) is 11.9 Å². The molecule has 6 heteroatoms. The Morgan fingerprint density at radius 3 is 2.00 bits per heavy atom. The van der Waals surface area contributed by atoms with Crippen LogP contribution in [-0.4, -0.2) is 65.9 Å². The molecule has 1 aliphatic rings. The van der Waals surface area contributed by atoms with Crippen LogP contribution in [0.1, 0.15) is 24.2 Å². The predicted octanol–water partition coefficient (Wildman–Crippen LogP) is 2.56. The lowest BCUT2D eigenvalue weighted by atomic mass is 10.2. The fourth-order valence-electron chi connectivity index (χ4n) is 2.57. The van der Waals surface area contributed by atoms with Gasteiger partial charge in [-0.25, -0.2) is 4.79 Å². The van der Waals surface area contributed by atoms with Crippen molar-refractivity contribution in [3.8, 4) is 0 Å². The summed E-state index contributed by atoms with van der Waals surface area (Å²) >= 11 is 5.84. The van der Waals surface area contributed by atoms with Crippen LogP contribution in [0.25, 0.3) is 0 Å². The van der Waals surface area contributed by atoms with Gasteiger partial charge in [0.25, 0.3) is 5.91 Å². The number of hydrogen-bond acceptors (Lipinski definition) is 2. The molecule has 0 aromatic heterocycles. The van der Waals surface area contributed by atoms with Crippen molar-refractivity contribution in [2.45, 2.75) is 13.8 Å².